The fraction of sp³-hybridized carbons (Fsp3) is 0.357. The van der Waals surface area contributed by atoms with Crippen LogP contribution in [0.25, 0.3) is 0 Å². The van der Waals surface area contributed by atoms with E-state index < -0.39 is 17.7 Å². The summed E-state index contributed by atoms with van der Waals surface area (Å²) in [5.74, 6) is 0.00773. The van der Waals surface area contributed by atoms with Crippen LogP contribution in [-0.2, 0) is 6.54 Å². The molecule has 20 heavy (non-hydrogen) atoms. The van der Waals surface area contributed by atoms with Crippen LogP contribution in [0.5, 0.6) is 0 Å². The Morgan fingerprint density at radius 2 is 2.10 bits per heavy atom. The Balaban J connectivity index is 1.92. The van der Waals surface area contributed by atoms with Crippen LogP contribution in [0.2, 0.25) is 0 Å². The second-order valence-corrected chi connectivity index (χ2v) is 4.56. The number of benzene rings is 1. The monoisotopic (exact) mass is 282 g/mol. The number of halogens is 2. The molecule has 1 aromatic carbocycles. The molecule has 0 spiro atoms. The summed E-state index contributed by atoms with van der Waals surface area (Å²) in [4.78, 5) is 4.17. The van der Waals surface area contributed by atoms with E-state index in [-0.39, 0.29) is 12.1 Å². The van der Waals surface area contributed by atoms with Crippen molar-refractivity contribution in [2.24, 2.45) is 0 Å². The van der Waals surface area contributed by atoms with Gasteiger partial charge in [0.15, 0.2) is 0 Å². The molecule has 1 unspecified atom stereocenters. The molecular formula is C14H16F2N2O2. The summed E-state index contributed by atoms with van der Waals surface area (Å²) in [6.07, 6.45) is -1.14. The van der Waals surface area contributed by atoms with E-state index in [0.29, 0.717) is 12.4 Å². The first kappa shape index (κ1) is 14.6. The molecule has 1 heterocycles. The highest BCUT2D eigenvalue weighted by Crippen LogP contribution is 2.18. The van der Waals surface area contributed by atoms with Gasteiger partial charge in [0.25, 0.3) is 0 Å². The first-order chi connectivity index (χ1) is 9.47. The van der Waals surface area contributed by atoms with Gasteiger partial charge in [-0.3, -0.25) is 0 Å². The summed E-state index contributed by atoms with van der Waals surface area (Å²) in [6, 6.07) is 2.99. The number of oxazole rings is 1. The number of hydrogen-bond acceptors (Lipinski definition) is 4. The van der Waals surface area contributed by atoms with Gasteiger partial charge in [0.1, 0.15) is 17.4 Å². The third kappa shape index (κ3) is 3.40. The Morgan fingerprint density at radius 3 is 2.75 bits per heavy atom. The third-order valence-electron chi connectivity index (χ3n) is 3.00. The van der Waals surface area contributed by atoms with Crippen molar-refractivity contribution in [1.82, 2.24) is 10.3 Å². The van der Waals surface area contributed by atoms with Crippen molar-refractivity contribution in [2.45, 2.75) is 26.5 Å². The van der Waals surface area contributed by atoms with Crippen molar-refractivity contribution in [3.8, 4) is 0 Å². The zero-order valence-corrected chi connectivity index (χ0v) is 11.3. The van der Waals surface area contributed by atoms with Gasteiger partial charge in [-0.15, -0.1) is 0 Å². The third-order valence-corrected chi connectivity index (χ3v) is 3.00. The smallest absolute Gasteiger partial charge is 0.208 e. The van der Waals surface area contributed by atoms with Crippen LogP contribution in [0.3, 0.4) is 0 Å². The summed E-state index contributed by atoms with van der Waals surface area (Å²) in [6.45, 7) is 4.02. The molecule has 0 aliphatic carbocycles. The molecule has 6 heteroatoms. The molecule has 1 atom stereocenters. The van der Waals surface area contributed by atoms with Crippen molar-refractivity contribution in [3.05, 3.63) is 52.7 Å². The molecule has 1 aromatic heterocycles. The highest BCUT2D eigenvalue weighted by Gasteiger charge is 2.14. The van der Waals surface area contributed by atoms with E-state index in [9.17, 15) is 13.9 Å². The molecule has 108 valence electrons. The number of hydrogen-bond donors (Lipinski definition) is 2. The van der Waals surface area contributed by atoms with Crippen molar-refractivity contribution >= 4 is 0 Å². The number of aromatic nitrogens is 1. The topological polar surface area (TPSA) is 58.3 Å². The summed E-state index contributed by atoms with van der Waals surface area (Å²) < 4.78 is 31.8. The maximum atomic E-state index is 13.4. The summed E-state index contributed by atoms with van der Waals surface area (Å²) in [5, 5.41) is 12.7. The molecule has 4 nitrogen and oxygen atoms in total. The fourth-order valence-corrected chi connectivity index (χ4v) is 1.81. The van der Waals surface area contributed by atoms with Crippen LogP contribution in [0.1, 0.15) is 29.0 Å². The van der Waals surface area contributed by atoms with Crippen LogP contribution >= 0.6 is 0 Å². The predicted molar refractivity (Wildman–Crippen MR) is 69.0 cm³/mol. The van der Waals surface area contributed by atoms with Crippen molar-refractivity contribution in [3.63, 3.8) is 0 Å². The van der Waals surface area contributed by atoms with Gasteiger partial charge in [0.05, 0.1) is 18.3 Å². The highest BCUT2D eigenvalue weighted by molar-refractivity contribution is 5.21. The van der Waals surface area contributed by atoms with E-state index in [0.717, 1.165) is 29.7 Å². The lowest BCUT2D eigenvalue weighted by atomic mass is 10.1. The van der Waals surface area contributed by atoms with Gasteiger partial charge in [0.2, 0.25) is 5.89 Å². The van der Waals surface area contributed by atoms with Crippen LogP contribution in [0.4, 0.5) is 8.78 Å². The first-order valence-corrected chi connectivity index (χ1v) is 6.24. The average Bonchev–Trinajstić information content (AvgIpc) is 2.71. The minimum Gasteiger partial charge on any atom is -0.444 e. The van der Waals surface area contributed by atoms with E-state index in [2.05, 4.69) is 10.3 Å². The Labute approximate surface area is 115 Å². The Bertz CT molecular complexity index is 579. The molecular weight excluding hydrogens is 266 g/mol. The molecule has 0 saturated heterocycles. The minimum absolute atomic E-state index is 0.0703. The van der Waals surface area contributed by atoms with Crippen molar-refractivity contribution < 1.29 is 18.3 Å². The average molecular weight is 282 g/mol. The Hall–Kier alpha value is -1.79. The Kier molecular flexibility index (Phi) is 4.46. The Morgan fingerprint density at radius 1 is 1.35 bits per heavy atom. The standard InChI is InChI=1S/C14H16F2N2O2/c1-8-9(2)20-14(18-8)7-17-6-13(19)11-5-10(15)3-4-12(11)16/h3-5,13,17,19H,6-7H2,1-2H3. The lowest BCUT2D eigenvalue weighted by molar-refractivity contribution is 0.168. The molecule has 0 aliphatic heterocycles. The molecule has 0 bridgehead atoms. The lowest BCUT2D eigenvalue weighted by Gasteiger charge is -2.12. The summed E-state index contributed by atoms with van der Waals surface area (Å²) in [7, 11) is 0. The molecule has 0 saturated carbocycles. The zero-order chi connectivity index (χ0) is 14.7. The molecule has 0 radical (unpaired) electrons. The number of aryl methyl sites for hydroxylation is 2. The number of aliphatic hydroxyl groups excluding tert-OH is 1. The van der Waals surface area contributed by atoms with Gasteiger partial charge in [-0.25, -0.2) is 13.8 Å². The maximum absolute atomic E-state index is 13.4. The van der Waals surface area contributed by atoms with E-state index in [1.54, 1.807) is 0 Å². The van der Waals surface area contributed by atoms with Gasteiger partial charge in [-0.2, -0.15) is 0 Å². The number of nitrogens with one attached hydrogen (secondary N) is 1. The van der Waals surface area contributed by atoms with Gasteiger partial charge in [0, 0.05) is 12.1 Å². The number of nitrogens with zero attached hydrogens (tertiary/aromatic N) is 1. The lowest BCUT2D eigenvalue weighted by Crippen LogP contribution is -2.22. The fourth-order valence-electron chi connectivity index (χ4n) is 1.81. The highest BCUT2D eigenvalue weighted by atomic mass is 19.1. The normalized spacial score (nSPS) is 12.7. The molecule has 2 N–H and O–H groups in total. The first-order valence-electron chi connectivity index (χ1n) is 6.24. The molecule has 2 aromatic rings. The zero-order valence-electron chi connectivity index (χ0n) is 11.3. The van der Waals surface area contributed by atoms with Crippen LogP contribution in [-0.4, -0.2) is 16.6 Å². The van der Waals surface area contributed by atoms with Crippen LogP contribution in [0.15, 0.2) is 22.6 Å². The SMILES string of the molecule is Cc1nc(CNCC(O)c2cc(F)ccc2F)oc1C. The second kappa shape index (κ2) is 6.11. The largest absolute Gasteiger partial charge is 0.444 e. The molecule has 0 amide bonds. The number of aliphatic hydroxyl groups is 1. The molecule has 0 fully saturated rings. The van der Waals surface area contributed by atoms with Crippen LogP contribution in [0, 0.1) is 25.5 Å². The second-order valence-electron chi connectivity index (χ2n) is 4.56. The van der Waals surface area contributed by atoms with E-state index in [4.69, 9.17) is 4.42 Å². The quantitative estimate of drug-likeness (QED) is 0.884. The van der Waals surface area contributed by atoms with Crippen molar-refractivity contribution in [1.29, 1.82) is 0 Å². The molecule has 2 rings (SSSR count). The van der Waals surface area contributed by atoms with Gasteiger partial charge in [-0.1, -0.05) is 0 Å². The van der Waals surface area contributed by atoms with E-state index in [1.165, 1.54) is 0 Å². The van der Waals surface area contributed by atoms with Gasteiger partial charge in [-0.05, 0) is 32.0 Å². The van der Waals surface area contributed by atoms with Gasteiger partial charge >= 0.3 is 0 Å². The van der Waals surface area contributed by atoms with E-state index in [1.807, 2.05) is 13.8 Å². The summed E-state index contributed by atoms with van der Waals surface area (Å²) in [5.41, 5.74) is 0.732. The maximum Gasteiger partial charge on any atom is 0.208 e. The van der Waals surface area contributed by atoms with E-state index >= 15 is 0 Å². The van der Waals surface area contributed by atoms with Crippen LogP contribution < -0.4 is 5.32 Å². The predicted octanol–water partition coefficient (Wildman–Crippen LogP) is 2.39. The minimum atomic E-state index is -1.14. The van der Waals surface area contributed by atoms with Gasteiger partial charge < -0.3 is 14.8 Å². The summed E-state index contributed by atoms with van der Waals surface area (Å²) >= 11 is 0. The molecule has 0 aliphatic rings. The van der Waals surface area contributed by atoms with Crippen molar-refractivity contribution in [2.75, 3.05) is 6.54 Å². The number of rotatable bonds is 5.